The highest BCUT2D eigenvalue weighted by Gasteiger charge is 2.03. The molecule has 2 aromatic carbocycles. The van der Waals surface area contributed by atoms with E-state index in [1.54, 1.807) is 12.3 Å². The number of rotatable bonds is 34. The molecular weight excluding hydrogens is 602 g/mol. The summed E-state index contributed by atoms with van der Waals surface area (Å²) in [6, 6.07) is 13.4. The Morgan fingerprint density at radius 1 is 0.449 bits per heavy atom. The van der Waals surface area contributed by atoms with Gasteiger partial charge in [0.15, 0.2) is 0 Å². The summed E-state index contributed by atoms with van der Waals surface area (Å²) in [6.45, 7) is 6.03. The van der Waals surface area contributed by atoms with Gasteiger partial charge >= 0.3 is 0 Å². The molecule has 0 fully saturated rings. The number of ether oxygens (including phenoxy) is 2. The lowest BCUT2D eigenvalue weighted by Crippen LogP contribution is -1.97. The van der Waals surface area contributed by atoms with Crippen LogP contribution in [0.3, 0.4) is 0 Å². The first-order chi connectivity index (χ1) is 24.2. The molecule has 0 radical (unpaired) electrons. The molecule has 0 saturated carbocycles. The van der Waals surface area contributed by atoms with Crippen LogP contribution in [0.1, 0.15) is 199 Å². The highest BCUT2D eigenvalue weighted by Crippen LogP contribution is 2.25. The molecule has 0 aliphatic carbocycles. The first-order valence-electron chi connectivity index (χ1n) is 21.0. The summed E-state index contributed by atoms with van der Waals surface area (Å²) in [5.41, 5.74) is 1.52. The van der Waals surface area contributed by atoms with Crippen molar-refractivity contribution in [3.63, 3.8) is 0 Å². The lowest BCUT2D eigenvalue weighted by atomic mass is 10.0. The molecule has 0 atom stereocenters. The number of aromatic hydroxyl groups is 1. The highest BCUT2D eigenvalue weighted by molar-refractivity contribution is 5.85. The third kappa shape index (κ3) is 24.3. The van der Waals surface area contributed by atoms with E-state index in [1.165, 1.54) is 167 Å². The smallest absolute Gasteiger partial charge is 0.128 e. The van der Waals surface area contributed by atoms with E-state index in [9.17, 15) is 5.11 Å². The highest BCUT2D eigenvalue weighted by atomic mass is 16.5. The van der Waals surface area contributed by atoms with E-state index in [2.05, 4.69) is 18.8 Å². The van der Waals surface area contributed by atoms with Gasteiger partial charge in [0.2, 0.25) is 0 Å². The maximum atomic E-state index is 10.5. The van der Waals surface area contributed by atoms with Crippen LogP contribution in [0, 0.1) is 0 Å². The molecule has 1 N–H and O–H groups in total. The summed E-state index contributed by atoms with van der Waals surface area (Å²) >= 11 is 0. The van der Waals surface area contributed by atoms with Crippen molar-refractivity contribution >= 4 is 11.9 Å². The van der Waals surface area contributed by atoms with Gasteiger partial charge in [-0.2, -0.15) is 0 Å². The number of aliphatic imine (C=N–C) groups is 1. The summed E-state index contributed by atoms with van der Waals surface area (Å²) in [6.07, 6.45) is 39.7. The number of hydrogen-bond donors (Lipinski definition) is 1. The van der Waals surface area contributed by atoms with E-state index >= 15 is 0 Å². The van der Waals surface area contributed by atoms with Crippen molar-refractivity contribution in [2.75, 3.05) is 13.2 Å². The maximum absolute atomic E-state index is 10.5. The Balaban J connectivity index is 1.46. The second kappa shape index (κ2) is 31.5. The number of benzene rings is 2. The predicted octanol–water partition coefficient (Wildman–Crippen LogP) is 14.9. The van der Waals surface area contributed by atoms with Crippen molar-refractivity contribution in [3.8, 4) is 17.2 Å². The SMILES string of the molecule is CCCCCCCCCCCCCCCCOc1ccc(N=Cc2ccc(OCCCCCCCCCCCCCCCC)cc2O)cc1. The van der Waals surface area contributed by atoms with Gasteiger partial charge in [0.1, 0.15) is 17.2 Å². The first-order valence-corrected chi connectivity index (χ1v) is 21.0. The van der Waals surface area contributed by atoms with E-state index in [1.807, 2.05) is 36.4 Å². The van der Waals surface area contributed by atoms with Gasteiger partial charge in [0, 0.05) is 17.8 Å². The number of unbranched alkanes of at least 4 members (excludes halogenated alkanes) is 26. The first kappa shape index (κ1) is 42.7. The van der Waals surface area contributed by atoms with E-state index in [4.69, 9.17) is 9.47 Å². The van der Waals surface area contributed by atoms with Gasteiger partial charge in [0.05, 0.1) is 18.9 Å². The Hall–Kier alpha value is -2.49. The summed E-state index contributed by atoms with van der Waals surface area (Å²) in [4.78, 5) is 4.55. The van der Waals surface area contributed by atoms with Crippen molar-refractivity contribution in [1.82, 2.24) is 0 Å². The molecule has 278 valence electrons. The van der Waals surface area contributed by atoms with Crippen LogP contribution in [0.5, 0.6) is 17.2 Å². The van der Waals surface area contributed by atoms with Crippen molar-refractivity contribution < 1.29 is 14.6 Å². The Bertz CT molecular complexity index is 1030. The van der Waals surface area contributed by atoms with Gasteiger partial charge in [0.25, 0.3) is 0 Å². The number of phenolic OH excluding ortho intramolecular Hbond substituents is 1. The zero-order valence-corrected chi connectivity index (χ0v) is 32.0. The third-order valence-corrected chi connectivity index (χ3v) is 9.72. The fourth-order valence-corrected chi connectivity index (χ4v) is 6.47. The molecule has 0 amide bonds. The molecule has 49 heavy (non-hydrogen) atoms. The monoisotopic (exact) mass is 678 g/mol. The molecule has 0 bridgehead atoms. The van der Waals surface area contributed by atoms with Crippen molar-refractivity contribution in [1.29, 1.82) is 0 Å². The predicted molar refractivity (Wildman–Crippen MR) is 213 cm³/mol. The molecule has 4 nitrogen and oxygen atoms in total. The number of hydrogen-bond acceptors (Lipinski definition) is 4. The van der Waals surface area contributed by atoms with Crippen LogP contribution in [-0.4, -0.2) is 24.5 Å². The van der Waals surface area contributed by atoms with E-state index in [0.29, 0.717) is 17.9 Å². The summed E-state index contributed by atoms with van der Waals surface area (Å²) in [5.74, 6) is 1.79. The van der Waals surface area contributed by atoms with Gasteiger partial charge in [-0.15, -0.1) is 0 Å². The standard InChI is InChI=1S/C45H75NO3/c1-3-5-7-9-11-13-15-17-19-21-23-25-27-29-37-48-43-35-32-42(33-36-43)46-40-41-31-34-44(39-45(41)47)49-38-30-28-26-24-22-20-18-16-14-12-10-8-6-4-2/h31-36,39-40,47H,3-30,37-38H2,1-2H3. The van der Waals surface area contributed by atoms with E-state index in [-0.39, 0.29) is 5.75 Å². The molecule has 0 aliphatic rings. The molecular formula is C45H75NO3. The fourth-order valence-electron chi connectivity index (χ4n) is 6.47. The zero-order valence-electron chi connectivity index (χ0n) is 32.0. The Morgan fingerprint density at radius 2 is 0.796 bits per heavy atom. The van der Waals surface area contributed by atoms with Gasteiger partial charge in [-0.3, -0.25) is 4.99 Å². The third-order valence-electron chi connectivity index (χ3n) is 9.72. The van der Waals surface area contributed by atoms with Gasteiger partial charge in [-0.05, 0) is 49.2 Å². The molecule has 0 saturated heterocycles. The minimum Gasteiger partial charge on any atom is -0.507 e. The van der Waals surface area contributed by atoms with Crippen LogP contribution in [0.4, 0.5) is 5.69 Å². The van der Waals surface area contributed by atoms with Crippen LogP contribution in [0.2, 0.25) is 0 Å². The molecule has 4 heteroatoms. The summed E-state index contributed by atoms with van der Waals surface area (Å²) in [7, 11) is 0. The van der Waals surface area contributed by atoms with Crippen LogP contribution < -0.4 is 9.47 Å². The lowest BCUT2D eigenvalue weighted by Gasteiger charge is -2.08. The summed E-state index contributed by atoms with van der Waals surface area (Å²) < 4.78 is 11.8. The topological polar surface area (TPSA) is 51.0 Å². The number of phenols is 1. The average molecular weight is 678 g/mol. The molecule has 0 unspecified atom stereocenters. The molecule has 2 aromatic rings. The Morgan fingerprint density at radius 3 is 1.18 bits per heavy atom. The second-order valence-corrected chi connectivity index (χ2v) is 14.4. The van der Waals surface area contributed by atoms with E-state index in [0.717, 1.165) is 30.9 Å². The Labute approximate surface area is 302 Å². The normalized spacial score (nSPS) is 11.5. The largest absolute Gasteiger partial charge is 0.507 e. The molecule has 0 aromatic heterocycles. The summed E-state index contributed by atoms with van der Waals surface area (Å²) in [5, 5.41) is 10.5. The van der Waals surface area contributed by atoms with Crippen LogP contribution in [0.25, 0.3) is 0 Å². The van der Waals surface area contributed by atoms with Crippen LogP contribution >= 0.6 is 0 Å². The average Bonchev–Trinajstić information content (AvgIpc) is 3.11. The zero-order chi connectivity index (χ0) is 34.9. The van der Waals surface area contributed by atoms with Crippen LogP contribution in [0.15, 0.2) is 47.5 Å². The van der Waals surface area contributed by atoms with Gasteiger partial charge in [-0.1, -0.05) is 181 Å². The molecule has 0 aliphatic heterocycles. The van der Waals surface area contributed by atoms with Crippen molar-refractivity contribution in [2.45, 2.75) is 194 Å². The Kier molecular flexibility index (Phi) is 27.4. The van der Waals surface area contributed by atoms with Gasteiger partial charge < -0.3 is 14.6 Å². The van der Waals surface area contributed by atoms with E-state index < -0.39 is 0 Å². The van der Waals surface area contributed by atoms with Gasteiger partial charge in [-0.25, -0.2) is 0 Å². The van der Waals surface area contributed by atoms with Crippen LogP contribution in [-0.2, 0) is 0 Å². The molecule has 2 rings (SSSR count). The van der Waals surface area contributed by atoms with Crippen molar-refractivity contribution in [3.05, 3.63) is 48.0 Å². The van der Waals surface area contributed by atoms with Crippen molar-refractivity contribution in [2.24, 2.45) is 4.99 Å². The second-order valence-electron chi connectivity index (χ2n) is 14.4. The minimum absolute atomic E-state index is 0.190. The quantitative estimate of drug-likeness (QED) is 0.0592. The maximum Gasteiger partial charge on any atom is 0.128 e. The minimum atomic E-state index is 0.190. The lowest BCUT2D eigenvalue weighted by molar-refractivity contribution is 0.302. The fraction of sp³-hybridized carbons (Fsp3) is 0.711. The number of nitrogens with zero attached hydrogens (tertiary/aromatic N) is 1. The molecule has 0 heterocycles. The molecule has 0 spiro atoms.